The maximum absolute atomic E-state index is 11.4. The Morgan fingerprint density at radius 3 is 1.39 bits per heavy atom. The molecular formula is C8H18O11S4. The molecule has 0 spiro atoms. The van der Waals surface area contributed by atoms with Crippen molar-refractivity contribution in [1.82, 2.24) is 0 Å². The van der Waals surface area contributed by atoms with E-state index in [0.29, 0.717) is 0 Å². The fourth-order valence-electron chi connectivity index (χ4n) is 1.02. The van der Waals surface area contributed by atoms with Crippen LogP contribution in [0.3, 0.4) is 0 Å². The van der Waals surface area contributed by atoms with Crippen LogP contribution in [0.25, 0.3) is 0 Å². The lowest BCUT2D eigenvalue weighted by Gasteiger charge is -2.06. The SMILES string of the molecule is COS(=O)(=O)COS(=O)(=O)CCCCS(=O)(=O)OCS(C)(=O)=O. The van der Waals surface area contributed by atoms with Gasteiger partial charge in [-0.15, -0.1) is 0 Å². The Morgan fingerprint density at radius 1 is 0.652 bits per heavy atom. The van der Waals surface area contributed by atoms with Crippen molar-refractivity contribution >= 4 is 40.2 Å². The van der Waals surface area contributed by atoms with E-state index in [1.54, 1.807) is 0 Å². The summed E-state index contributed by atoms with van der Waals surface area (Å²) < 4.78 is 101. The molecule has 0 aliphatic rings. The van der Waals surface area contributed by atoms with Gasteiger partial charge in [0.25, 0.3) is 30.4 Å². The van der Waals surface area contributed by atoms with Gasteiger partial charge < -0.3 is 0 Å². The van der Waals surface area contributed by atoms with Gasteiger partial charge >= 0.3 is 0 Å². The summed E-state index contributed by atoms with van der Waals surface area (Å²) in [6.07, 6.45) is 0.489. The van der Waals surface area contributed by atoms with E-state index in [-0.39, 0.29) is 12.8 Å². The molecule has 0 N–H and O–H groups in total. The Balaban J connectivity index is 4.25. The minimum atomic E-state index is -4.17. The summed E-state index contributed by atoms with van der Waals surface area (Å²) >= 11 is 0. The molecule has 11 nitrogen and oxygen atoms in total. The molecule has 0 aliphatic heterocycles. The molecule has 0 saturated carbocycles. The Morgan fingerprint density at radius 2 is 1.04 bits per heavy atom. The third-order valence-corrected chi connectivity index (χ3v) is 6.40. The van der Waals surface area contributed by atoms with Crippen LogP contribution in [0.5, 0.6) is 0 Å². The van der Waals surface area contributed by atoms with Crippen LogP contribution in [0.1, 0.15) is 12.8 Å². The van der Waals surface area contributed by atoms with Crippen molar-refractivity contribution in [2.45, 2.75) is 12.8 Å². The van der Waals surface area contributed by atoms with Gasteiger partial charge in [0.05, 0.1) is 18.6 Å². The number of sulfone groups is 1. The second-order valence-corrected chi connectivity index (χ2v) is 11.6. The molecule has 0 atom stereocenters. The van der Waals surface area contributed by atoms with Crippen molar-refractivity contribution in [2.75, 3.05) is 36.7 Å². The van der Waals surface area contributed by atoms with Crippen LogP contribution in [-0.2, 0) is 52.7 Å². The summed E-state index contributed by atoms with van der Waals surface area (Å²) in [6.45, 7) is 0. The summed E-state index contributed by atoms with van der Waals surface area (Å²) in [6, 6.07) is 0. The molecule has 0 bridgehead atoms. The highest BCUT2D eigenvalue weighted by molar-refractivity contribution is 7.92. The van der Waals surface area contributed by atoms with Gasteiger partial charge in [0, 0.05) is 6.26 Å². The normalized spacial score (nSPS) is 14.0. The predicted octanol–water partition coefficient (Wildman–Crippen LogP) is -1.60. The molecule has 0 saturated heterocycles. The predicted molar refractivity (Wildman–Crippen MR) is 79.5 cm³/mol. The highest BCUT2D eigenvalue weighted by atomic mass is 32.2. The van der Waals surface area contributed by atoms with Crippen LogP contribution in [0.4, 0.5) is 0 Å². The molecular weight excluding hydrogens is 400 g/mol. The molecule has 0 radical (unpaired) electrons. The molecule has 0 aliphatic carbocycles. The van der Waals surface area contributed by atoms with Crippen LogP contribution in [-0.4, -0.2) is 70.4 Å². The molecule has 23 heavy (non-hydrogen) atoms. The van der Waals surface area contributed by atoms with Gasteiger partial charge in [-0.2, -0.15) is 25.3 Å². The van der Waals surface area contributed by atoms with Gasteiger partial charge in [-0.3, -0.25) is 12.5 Å². The molecule has 0 heterocycles. The fourth-order valence-corrected chi connectivity index (χ4v) is 4.81. The summed E-state index contributed by atoms with van der Waals surface area (Å²) in [5, 5.41) is 0. The maximum atomic E-state index is 11.4. The Labute approximate surface area is 136 Å². The third-order valence-electron chi connectivity index (χ3n) is 2.11. The van der Waals surface area contributed by atoms with E-state index < -0.39 is 63.6 Å². The van der Waals surface area contributed by atoms with Crippen LogP contribution < -0.4 is 0 Å². The van der Waals surface area contributed by atoms with Crippen LogP contribution in [0, 0.1) is 0 Å². The highest BCUT2D eigenvalue weighted by Gasteiger charge is 2.19. The second-order valence-electron chi connectivity index (χ2n) is 4.35. The first-order valence-corrected chi connectivity index (χ1v) is 12.7. The highest BCUT2D eigenvalue weighted by Crippen LogP contribution is 2.06. The minimum Gasteiger partial charge on any atom is -0.272 e. The van der Waals surface area contributed by atoms with Crippen LogP contribution in [0.2, 0.25) is 0 Å². The van der Waals surface area contributed by atoms with Gasteiger partial charge in [-0.25, -0.2) is 8.42 Å². The van der Waals surface area contributed by atoms with Gasteiger partial charge in [-0.05, 0) is 12.8 Å². The summed E-state index contributed by atoms with van der Waals surface area (Å²) in [7, 11) is -15.2. The van der Waals surface area contributed by atoms with Gasteiger partial charge in [-0.1, -0.05) is 0 Å². The number of rotatable bonds is 12. The molecule has 0 rings (SSSR count). The Kier molecular flexibility index (Phi) is 8.56. The Hall–Kier alpha value is -0.320. The quantitative estimate of drug-likeness (QED) is 0.264. The zero-order valence-electron chi connectivity index (χ0n) is 12.4. The molecule has 140 valence electrons. The number of hydrogen-bond donors (Lipinski definition) is 0. The van der Waals surface area contributed by atoms with E-state index in [0.717, 1.165) is 13.4 Å². The maximum Gasteiger partial charge on any atom is 0.293 e. The largest absolute Gasteiger partial charge is 0.293 e. The van der Waals surface area contributed by atoms with Crippen molar-refractivity contribution in [3.8, 4) is 0 Å². The third kappa shape index (κ3) is 12.7. The van der Waals surface area contributed by atoms with Gasteiger partial charge in [0.2, 0.25) is 0 Å². The topological polar surface area (TPSA) is 164 Å². The first kappa shape index (κ1) is 22.7. The molecule has 0 unspecified atom stereocenters. The van der Waals surface area contributed by atoms with E-state index in [4.69, 9.17) is 0 Å². The summed E-state index contributed by atoms with van der Waals surface area (Å²) in [5.41, 5.74) is 0. The lowest BCUT2D eigenvalue weighted by atomic mass is 10.4. The lowest BCUT2D eigenvalue weighted by Crippen LogP contribution is -2.19. The second kappa shape index (κ2) is 8.68. The first-order valence-electron chi connectivity index (χ1n) is 5.88. The van der Waals surface area contributed by atoms with Crippen molar-refractivity contribution < 1.29 is 46.2 Å². The van der Waals surface area contributed by atoms with E-state index in [2.05, 4.69) is 12.5 Å². The molecule has 0 fully saturated rings. The summed E-state index contributed by atoms with van der Waals surface area (Å²) in [4.78, 5) is 0. The molecule has 0 amide bonds. The minimum absolute atomic E-state index is 0.147. The lowest BCUT2D eigenvalue weighted by molar-refractivity contribution is 0.327. The van der Waals surface area contributed by atoms with Crippen LogP contribution in [0.15, 0.2) is 0 Å². The number of unbranched alkanes of at least 4 members (excludes halogenated alkanes) is 1. The van der Waals surface area contributed by atoms with E-state index >= 15 is 0 Å². The standard InChI is InChI=1S/C8H18O11S4/c1-17-23(15,16)8-19-22(13,14)6-4-3-5-21(11,12)18-7-20(2,9)10/h3-8H2,1-2H3. The van der Waals surface area contributed by atoms with Gasteiger partial charge in [0.15, 0.2) is 21.7 Å². The average Bonchev–Trinajstić information content (AvgIpc) is 2.39. The molecule has 0 aromatic carbocycles. The number of hydrogen-bond acceptors (Lipinski definition) is 11. The molecule has 15 heteroatoms. The van der Waals surface area contributed by atoms with Crippen molar-refractivity contribution in [2.24, 2.45) is 0 Å². The van der Waals surface area contributed by atoms with Gasteiger partial charge in [0.1, 0.15) is 0 Å². The van der Waals surface area contributed by atoms with Crippen LogP contribution >= 0.6 is 0 Å². The van der Waals surface area contributed by atoms with E-state index in [1.165, 1.54) is 0 Å². The molecule has 0 aromatic heterocycles. The first-order chi connectivity index (χ1) is 10.2. The van der Waals surface area contributed by atoms with Crippen molar-refractivity contribution in [3.05, 3.63) is 0 Å². The monoisotopic (exact) mass is 418 g/mol. The smallest absolute Gasteiger partial charge is 0.272 e. The fraction of sp³-hybridized carbons (Fsp3) is 1.00. The zero-order valence-corrected chi connectivity index (χ0v) is 15.6. The van der Waals surface area contributed by atoms with E-state index in [1.807, 2.05) is 0 Å². The average molecular weight is 418 g/mol. The zero-order chi connectivity index (χ0) is 18.4. The summed E-state index contributed by atoms with van der Waals surface area (Å²) in [5.74, 6) is -3.38. The molecule has 0 aromatic rings. The Bertz CT molecular complexity index is 773. The van der Waals surface area contributed by atoms with E-state index in [9.17, 15) is 33.7 Å². The van der Waals surface area contributed by atoms with Crippen molar-refractivity contribution in [3.63, 3.8) is 0 Å². The van der Waals surface area contributed by atoms with Crippen molar-refractivity contribution in [1.29, 1.82) is 0 Å².